The summed E-state index contributed by atoms with van der Waals surface area (Å²) in [7, 11) is 0. The minimum Gasteiger partial charge on any atom is -0.491 e. The summed E-state index contributed by atoms with van der Waals surface area (Å²) in [5.41, 5.74) is 8.88. The molecule has 0 aliphatic rings. The number of nitrogen functional groups attached to an aromatic ring is 1. The van der Waals surface area contributed by atoms with E-state index in [-0.39, 0.29) is 12.1 Å². The number of nitrogens with one attached hydrogen (secondary N) is 1. The first-order valence-corrected chi connectivity index (χ1v) is 7.34. The standard InChI is InChI=1S/C15H20N2OS/c1-10(2)18-15-7-13(16)6-14(8-15)17-11(3)12-4-5-19-9-12/h4-11,17H,16H2,1-3H3. The Hall–Kier alpha value is -1.68. The lowest BCUT2D eigenvalue weighted by Gasteiger charge is -2.17. The second kappa shape index (κ2) is 5.97. The van der Waals surface area contributed by atoms with Crippen molar-refractivity contribution in [3.63, 3.8) is 0 Å². The van der Waals surface area contributed by atoms with Crippen LogP contribution in [0.1, 0.15) is 32.4 Å². The largest absolute Gasteiger partial charge is 0.491 e. The van der Waals surface area contributed by atoms with E-state index in [0.717, 1.165) is 11.4 Å². The average Bonchev–Trinajstić information content (AvgIpc) is 2.79. The summed E-state index contributed by atoms with van der Waals surface area (Å²) in [6, 6.07) is 8.13. The van der Waals surface area contributed by atoms with E-state index in [1.807, 2.05) is 32.0 Å². The fourth-order valence-electron chi connectivity index (χ4n) is 1.90. The Bertz CT molecular complexity index is 523. The van der Waals surface area contributed by atoms with Gasteiger partial charge in [0.25, 0.3) is 0 Å². The van der Waals surface area contributed by atoms with Gasteiger partial charge in [-0.15, -0.1) is 0 Å². The molecule has 0 spiro atoms. The predicted molar refractivity (Wildman–Crippen MR) is 83.0 cm³/mol. The zero-order chi connectivity index (χ0) is 13.8. The molecule has 3 N–H and O–H groups in total. The Morgan fingerprint density at radius 3 is 2.63 bits per heavy atom. The summed E-state index contributed by atoms with van der Waals surface area (Å²) in [5.74, 6) is 0.801. The highest BCUT2D eigenvalue weighted by Crippen LogP contribution is 2.27. The van der Waals surface area contributed by atoms with Crippen LogP contribution in [0.4, 0.5) is 11.4 Å². The Morgan fingerprint density at radius 1 is 1.21 bits per heavy atom. The van der Waals surface area contributed by atoms with Gasteiger partial charge < -0.3 is 15.8 Å². The molecule has 0 aliphatic carbocycles. The summed E-state index contributed by atoms with van der Waals surface area (Å²) in [4.78, 5) is 0. The van der Waals surface area contributed by atoms with Gasteiger partial charge in [-0.25, -0.2) is 0 Å². The first-order chi connectivity index (χ1) is 9.04. The molecule has 1 aromatic heterocycles. The van der Waals surface area contributed by atoms with Crippen molar-refractivity contribution in [2.24, 2.45) is 0 Å². The molecule has 102 valence electrons. The summed E-state index contributed by atoms with van der Waals surface area (Å²) in [6.45, 7) is 6.14. The molecule has 0 bridgehead atoms. The Balaban J connectivity index is 2.13. The third-order valence-corrected chi connectivity index (χ3v) is 3.43. The number of rotatable bonds is 5. The van der Waals surface area contributed by atoms with Gasteiger partial charge in [-0.05, 0) is 49.2 Å². The van der Waals surface area contributed by atoms with Crippen LogP contribution < -0.4 is 15.8 Å². The monoisotopic (exact) mass is 276 g/mol. The molecular formula is C15H20N2OS. The van der Waals surface area contributed by atoms with Gasteiger partial charge in [-0.2, -0.15) is 11.3 Å². The van der Waals surface area contributed by atoms with Crippen LogP contribution in [0.15, 0.2) is 35.0 Å². The van der Waals surface area contributed by atoms with E-state index in [1.54, 1.807) is 11.3 Å². The minimum absolute atomic E-state index is 0.143. The van der Waals surface area contributed by atoms with E-state index < -0.39 is 0 Å². The van der Waals surface area contributed by atoms with E-state index in [2.05, 4.69) is 29.1 Å². The summed E-state index contributed by atoms with van der Waals surface area (Å²) >= 11 is 1.70. The van der Waals surface area contributed by atoms with Gasteiger partial charge in [-0.1, -0.05) is 0 Å². The van der Waals surface area contributed by atoms with Crippen molar-refractivity contribution in [1.82, 2.24) is 0 Å². The molecule has 3 nitrogen and oxygen atoms in total. The highest BCUT2D eigenvalue weighted by atomic mass is 32.1. The second-order valence-corrected chi connectivity index (χ2v) is 5.66. The van der Waals surface area contributed by atoms with Gasteiger partial charge in [0.2, 0.25) is 0 Å². The lowest BCUT2D eigenvalue weighted by atomic mass is 10.1. The van der Waals surface area contributed by atoms with Gasteiger partial charge in [-0.3, -0.25) is 0 Å². The number of benzene rings is 1. The molecule has 0 radical (unpaired) electrons. The number of ether oxygens (including phenoxy) is 1. The molecule has 1 aromatic carbocycles. The molecule has 0 aliphatic heterocycles. The molecule has 1 unspecified atom stereocenters. The summed E-state index contributed by atoms with van der Waals surface area (Å²) in [5, 5.41) is 7.68. The van der Waals surface area contributed by atoms with Crippen LogP contribution in [0.3, 0.4) is 0 Å². The number of hydrogen-bond donors (Lipinski definition) is 2. The van der Waals surface area contributed by atoms with E-state index in [1.165, 1.54) is 5.56 Å². The van der Waals surface area contributed by atoms with Crippen LogP contribution in [-0.2, 0) is 0 Å². The molecular weight excluding hydrogens is 256 g/mol. The first-order valence-electron chi connectivity index (χ1n) is 6.40. The van der Waals surface area contributed by atoms with Crippen molar-refractivity contribution >= 4 is 22.7 Å². The maximum absolute atomic E-state index is 5.91. The quantitative estimate of drug-likeness (QED) is 0.801. The van der Waals surface area contributed by atoms with Crippen molar-refractivity contribution in [1.29, 1.82) is 0 Å². The van der Waals surface area contributed by atoms with Gasteiger partial charge in [0, 0.05) is 29.5 Å². The van der Waals surface area contributed by atoms with E-state index in [9.17, 15) is 0 Å². The van der Waals surface area contributed by atoms with Crippen molar-refractivity contribution in [3.8, 4) is 5.75 Å². The van der Waals surface area contributed by atoms with Crippen molar-refractivity contribution in [3.05, 3.63) is 40.6 Å². The Kier molecular flexibility index (Phi) is 4.32. The molecule has 2 aromatic rings. The van der Waals surface area contributed by atoms with Crippen LogP contribution in [0.5, 0.6) is 5.75 Å². The van der Waals surface area contributed by atoms with Gasteiger partial charge in [0.15, 0.2) is 0 Å². The number of anilines is 2. The number of nitrogens with two attached hydrogens (primary N) is 1. The van der Waals surface area contributed by atoms with Crippen molar-refractivity contribution in [2.75, 3.05) is 11.1 Å². The van der Waals surface area contributed by atoms with Gasteiger partial charge >= 0.3 is 0 Å². The molecule has 0 saturated heterocycles. The van der Waals surface area contributed by atoms with Crippen LogP contribution in [0, 0.1) is 0 Å². The lowest BCUT2D eigenvalue weighted by Crippen LogP contribution is -2.08. The van der Waals surface area contributed by atoms with Crippen LogP contribution in [0.25, 0.3) is 0 Å². The van der Waals surface area contributed by atoms with Crippen molar-refractivity contribution < 1.29 is 4.74 Å². The molecule has 0 saturated carbocycles. The first kappa shape index (κ1) is 13.7. The second-order valence-electron chi connectivity index (χ2n) is 4.88. The van der Waals surface area contributed by atoms with Crippen molar-refractivity contribution in [2.45, 2.75) is 32.9 Å². The number of thiophene rings is 1. The third-order valence-electron chi connectivity index (χ3n) is 2.73. The molecule has 4 heteroatoms. The molecule has 2 rings (SSSR count). The third kappa shape index (κ3) is 3.89. The van der Waals surface area contributed by atoms with Crippen LogP contribution >= 0.6 is 11.3 Å². The Labute approximate surface area is 118 Å². The summed E-state index contributed by atoms with van der Waals surface area (Å²) < 4.78 is 5.69. The zero-order valence-corrected chi connectivity index (χ0v) is 12.3. The van der Waals surface area contributed by atoms with Crippen LogP contribution in [-0.4, -0.2) is 6.10 Å². The van der Waals surface area contributed by atoms with E-state index in [0.29, 0.717) is 5.69 Å². The molecule has 1 atom stereocenters. The maximum atomic E-state index is 5.91. The zero-order valence-electron chi connectivity index (χ0n) is 11.5. The van der Waals surface area contributed by atoms with E-state index in [4.69, 9.17) is 10.5 Å². The van der Waals surface area contributed by atoms with Gasteiger partial charge in [0.05, 0.1) is 6.10 Å². The van der Waals surface area contributed by atoms with Crippen LogP contribution in [0.2, 0.25) is 0 Å². The van der Waals surface area contributed by atoms with Gasteiger partial charge in [0.1, 0.15) is 5.75 Å². The molecule has 0 amide bonds. The summed E-state index contributed by atoms with van der Waals surface area (Å²) in [6.07, 6.45) is 0.143. The highest BCUT2D eigenvalue weighted by molar-refractivity contribution is 7.07. The Morgan fingerprint density at radius 2 is 2.00 bits per heavy atom. The average molecular weight is 276 g/mol. The van der Waals surface area contributed by atoms with E-state index >= 15 is 0 Å². The molecule has 19 heavy (non-hydrogen) atoms. The molecule has 1 heterocycles. The fourth-order valence-corrected chi connectivity index (χ4v) is 2.65. The fraction of sp³-hybridized carbons (Fsp3) is 0.333. The predicted octanol–water partition coefficient (Wildman–Crippen LogP) is 4.29. The smallest absolute Gasteiger partial charge is 0.123 e. The normalized spacial score (nSPS) is 12.4. The number of hydrogen-bond acceptors (Lipinski definition) is 4. The minimum atomic E-state index is 0.143. The topological polar surface area (TPSA) is 47.3 Å². The maximum Gasteiger partial charge on any atom is 0.123 e. The SMILES string of the molecule is CC(C)Oc1cc(N)cc(NC(C)c2ccsc2)c1. The molecule has 0 fully saturated rings. The highest BCUT2D eigenvalue weighted by Gasteiger charge is 2.08. The lowest BCUT2D eigenvalue weighted by molar-refractivity contribution is 0.242.